The quantitative estimate of drug-likeness (QED) is 0.174. The first-order chi connectivity index (χ1) is 17.8. The number of amides is 2. The van der Waals surface area contributed by atoms with Crippen LogP contribution in [0.1, 0.15) is 21.0 Å². The number of rotatable bonds is 7. The Morgan fingerprint density at radius 3 is 2.65 bits per heavy atom. The number of methoxy groups -OCH3 is 1. The number of thiophene rings is 1. The van der Waals surface area contributed by atoms with E-state index in [1.54, 1.807) is 36.4 Å². The fourth-order valence-electron chi connectivity index (χ4n) is 3.28. The maximum atomic E-state index is 12.3. The van der Waals surface area contributed by atoms with Crippen LogP contribution < -0.4 is 20.7 Å². The molecule has 7 nitrogen and oxygen atoms in total. The number of ether oxygens (including phenoxy) is 1. The summed E-state index contributed by atoms with van der Waals surface area (Å²) in [5, 5.41) is 10.9. The van der Waals surface area contributed by atoms with Gasteiger partial charge >= 0.3 is 0 Å². The van der Waals surface area contributed by atoms with Crippen LogP contribution in [0.25, 0.3) is 17.4 Å². The van der Waals surface area contributed by atoms with Crippen LogP contribution in [-0.4, -0.2) is 24.0 Å². The highest BCUT2D eigenvalue weighted by Crippen LogP contribution is 2.29. The van der Waals surface area contributed by atoms with Crippen LogP contribution >= 0.6 is 35.2 Å². The first kappa shape index (κ1) is 26.2. The summed E-state index contributed by atoms with van der Waals surface area (Å²) < 4.78 is 11.2. The normalized spacial score (nSPS) is 10.8. The lowest BCUT2D eigenvalue weighted by Gasteiger charge is -2.13. The molecule has 37 heavy (non-hydrogen) atoms. The van der Waals surface area contributed by atoms with Gasteiger partial charge in [0.2, 0.25) is 5.91 Å². The highest BCUT2D eigenvalue weighted by atomic mass is 35.5. The lowest BCUT2D eigenvalue weighted by molar-refractivity contribution is -0.115. The molecule has 10 heteroatoms. The number of furan rings is 1. The maximum absolute atomic E-state index is 12.3. The monoisotopic (exact) mass is 551 g/mol. The molecule has 2 amide bonds. The minimum Gasteiger partial charge on any atom is -0.494 e. The summed E-state index contributed by atoms with van der Waals surface area (Å²) in [5.74, 6) is 0.928. The van der Waals surface area contributed by atoms with Crippen LogP contribution in [0, 0.1) is 6.92 Å². The van der Waals surface area contributed by atoms with E-state index in [0.717, 1.165) is 11.1 Å². The molecule has 188 valence electrons. The van der Waals surface area contributed by atoms with Gasteiger partial charge < -0.3 is 19.8 Å². The van der Waals surface area contributed by atoms with Crippen molar-refractivity contribution in [2.75, 3.05) is 17.7 Å². The van der Waals surface area contributed by atoms with Gasteiger partial charge in [-0.1, -0.05) is 29.8 Å². The van der Waals surface area contributed by atoms with Gasteiger partial charge in [-0.15, -0.1) is 11.3 Å². The molecule has 0 radical (unpaired) electrons. The number of nitrogens with one attached hydrogen (secondary N) is 3. The molecular weight excluding hydrogens is 530 g/mol. The van der Waals surface area contributed by atoms with Crippen molar-refractivity contribution in [1.82, 2.24) is 5.32 Å². The highest BCUT2D eigenvalue weighted by Gasteiger charge is 2.12. The van der Waals surface area contributed by atoms with E-state index in [1.807, 2.05) is 42.6 Å². The average molecular weight is 552 g/mol. The molecule has 0 unspecified atom stereocenters. The minimum absolute atomic E-state index is 0.0986. The Kier molecular flexibility index (Phi) is 8.39. The predicted octanol–water partition coefficient (Wildman–Crippen LogP) is 6.76. The SMILES string of the molecule is COc1cc(NC(=S)NC(=O)/C=C/c2ccc(-c3ccc(C)c(Cl)c3)o2)ccc1NC(=O)c1cccs1. The Bertz CT molecular complexity index is 1480. The van der Waals surface area contributed by atoms with E-state index in [9.17, 15) is 9.59 Å². The Morgan fingerprint density at radius 1 is 1.08 bits per heavy atom. The third kappa shape index (κ3) is 6.85. The summed E-state index contributed by atoms with van der Waals surface area (Å²) in [6.07, 6.45) is 2.87. The molecule has 0 saturated heterocycles. The van der Waals surface area contributed by atoms with E-state index in [1.165, 1.54) is 24.5 Å². The molecule has 4 rings (SSSR count). The smallest absolute Gasteiger partial charge is 0.265 e. The first-order valence-corrected chi connectivity index (χ1v) is 12.7. The number of anilines is 2. The maximum Gasteiger partial charge on any atom is 0.265 e. The highest BCUT2D eigenvalue weighted by molar-refractivity contribution is 7.80. The molecule has 0 spiro atoms. The number of aryl methyl sites for hydroxylation is 1. The number of carbonyl (C=O) groups excluding carboxylic acids is 2. The zero-order chi connectivity index (χ0) is 26.4. The van der Waals surface area contributed by atoms with Crippen LogP contribution in [0.4, 0.5) is 11.4 Å². The van der Waals surface area contributed by atoms with E-state index >= 15 is 0 Å². The molecule has 2 aromatic heterocycles. The van der Waals surface area contributed by atoms with E-state index in [4.69, 9.17) is 33.0 Å². The molecule has 2 heterocycles. The van der Waals surface area contributed by atoms with Crippen LogP contribution in [0.5, 0.6) is 5.75 Å². The molecule has 3 N–H and O–H groups in total. The van der Waals surface area contributed by atoms with Gasteiger partial charge in [0.05, 0.1) is 17.7 Å². The van der Waals surface area contributed by atoms with Crippen molar-refractivity contribution >= 4 is 69.5 Å². The molecule has 0 atom stereocenters. The topological polar surface area (TPSA) is 92.6 Å². The molecule has 2 aromatic carbocycles. The summed E-state index contributed by atoms with van der Waals surface area (Å²) in [7, 11) is 1.50. The Balaban J connectivity index is 1.33. The summed E-state index contributed by atoms with van der Waals surface area (Å²) in [6.45, 7) is 1.93. The lowest BCUT2D eigenvalue weighted by atomic mass is 10.1. The summed E-state index contributed by atoms with van der Waals surface area (Å²) in [4.78, 5) is 25.3. The van der Waals surface area contributed by atoms with Gasteiger partial charge in [0.25, 0.3) is 5.91 Å². The average Bonchev–Trinajstić information content (AvgIpc) is 3.58. The summed E-state index contributed by atoms with van der Waals surface area (Å²) in [6, 6.07) is 17.9. The fraction of sp³-hybridized carbons (Fsp3) is 0.0741. The van der Waals surface area contributed by atoms with Crippen molar-refractivity contribution in [3.63, 3.8) is 0 Å². The molecule has 0 bridgehead atoms. The van der Waals surface area contributed by atoms with Gasteiger partial charge in [-0.05, 0) is 72.6 Å². The second kappa shape index (κ2) is 11.9. The second-order valence-corrected chi connectivity index (χ2v) is 9.55. The second-order valence-electron chi connectivity index (χ2n) is 7.79. The number of carbonyl (C=O) groups is 2. The number of benzene rings is 2. The Labute approximate surface area is 228 Å². The Hall–Kier alpha value is -3.92. The number of thiocarbonyl (C=S) groups is 1. The van der Waals surface area contributed by atoms with Crippen molar-refractivity contribution in [3.05, 3.63) is 93.3 Å². The first-order valence-electron chi connectivity index (χ1n) is 11.0. The van der Waals surface area contributed by atoms with Gasteiger partial charge in [0, 0.05) is 28.4 Å². The Morgan fingerprint density at radius 2 is 1.92 bits per heavy atom. The molecular formula is C27H22ClN3O4S2. The van der Waals surface area contributed by atoms with Crippen LogP contribution in [0.15, 0.2) is 76.5 Å². The summed E-state index contributed by atoms with van der Waals surface area (Å²) >= 11 is 12.8. The van der Waals surface area contributed by atoms with Crippen molar-refractivity contribution in [2.45, 2.75) is 6.92 Å². The van der Waals surface area contributed by atoms with Gasteiger partial charge in [0.15, 0.2) is 5.11 Å². The predicted molar refractivity (Wildman–Crippen MR) is 153 cm³/mol. The molecule has 0 aliphatic heterocycles. The molecule has 0 saturated carbocycles. The van der Waals surface area contributed by atoms with Crippen molar-refractivity contribution in [2.24, 2.45) is 0 Å². The standard InChI is InChI=1S/C27H22ClN3O4S2/c1-16-5-6-17(14-20(16)28)22-11-8-19(35-22)9-12-25(32)31-27(36)29-18-7-10-21(23(15-18)34-2)30-26(33)24-4-3-13-37-24/h3-15H,1-2H3,(H,30,33)(H2,29,31,32,36)/b12-9+. The molecule has 4 aromatic rings. The van der Waals surface area contributed by atoms with Crippen LogP contribution in [0.2, 0.25) is 5.02 Å². The molecule has 0 aliphatic carbocycles. The summed E-state index contributed by atoms with van der Waals surface area (Å²) in [5.41, 5.74) is 2.91. The zero-order valence-electron chi connectivity index (χ0n) is 19.8. The van der Waals surface area contributed by atoms with E-state index in [2.05, 4.69) is 16.0 Å². The van der Waals surface area contributed by atoms with Gasteiger partial charge in [-0.2, -0.15) is 0 Å². The van der Waals surface area contributed by atoms with Crippen molar-refractivity contribution in [3.8, 4) is 17.1 Å². The number of hydrogen-bond donors (Lipinski definition) is 3. The van der Waals surface area contributed by atoms with Gasteiger partial charge in [0.1, 0.15) is 17.3 Å². The molecule has 0 fully saturated rings. The largest absolute Gasteiger partial charge is 0.494 e. The third-order valence-electron chi connectivity index (χ3n) is 5.17. The number of hydrogen-bond acceptors (Lipinski definition) is 6. The minimum atomic E-state index is -0.430. The van der Waals surface area contributed by atoms with Gasteiger partial charge in [-0.3, -0.25) is 14.9 Å². The van der Waals surface area contributed by atoms with E-state index in [0.29, 0.717) is 38.5 Å². The number of halogens is 1. The van der Waals surface area contributed by atoms with Crippen molar-refractivity contribution in [1.29, 1.82) is 0 Å². The van der Waals surface area contributed by atoms with E-state index in [-0.39, 0.29) is 11.0 Å². The zero-order valence-corrected chi connectivity index (χ0v) is 22.2. The van der Waals surface area contributed by atoms with Crippen molar-refractivity contribution < 1.29 is 18.7 Å². The van der Waals surface area contributed by atoms with Crippen LogP contribution in [0.3, 0.4) is 0 Å². The van der Waals surface area contributed by atoms with E-state index < -0.39 is 5.91 Å². The lowest BCUT2D eigenvalue weighted by Crippen LogP contribution is -2.32. The van der Waals surface area contributed by atoms with Crippen LogP contribution in [-0.2, 0) is 4.79 Å². The molecule has 0 aliphatic rings. The van der Waals surface area contributed by atoms with Gasteiger partial charge in [-0.25, -0.2) is 0 Å². The fourth-order valence-corrected chi connectivity index (χ4v) is 4.30. The third-order valence-corrected chi connectivity index (χ3v) is 6.65.